The Balaban J connectivity index is 2.30. The van der Waals surface area contributed by atoms with Crippen molar-refractivity contribution in [3.05, 3.63) is 46.7 Å². The van der Waals surface area contributed by atoms with E-state index in [1.165, 1.54) is 25.4 Å². The number of benzene rings is 1. The third-order valence-electron chi connectivity index (χ3n) is 3.38. The summed E-state index contributed by atoms with van der Waals surface area (Å²) in [6.07, 6.45) is 1.51. The predicted octanol–water partition coefficient (Wildman–Crippen LogP) is 3.86. The summed E-state index contributed by atoms with van der Waals surface area (Å²) >= 11 is 11.9. The molecule has 0 saturated heterocycles. The van der Waals surface area contributed by atoms with E-state index in [2.05, 4.69) is 9.97 Å². The number of aromatic nitrogens is 2. The highest BCUT2D eigenvalue weighted by Crippen LogP contribution is 2.36. The number of hydrogen-bond acceptors (Lipinski definition) is 5. The van der Waals surface area contributed by atoms with E-state index in [0.29, 0.717) is 22.0 Å². The molecule has 2 aromatic heterocycles. The highest BCUT2D eigenvalue weighted by molar-refractivity contribution is 7.85. The standard InChI is InChI=1S/C15H10Cl2N2O4S/c1-23-15-11(7-12(16)14(17)19-15)13-10-3-2-9(24(20,21)22)6-8(10)4-5-18-13/h2-7H,1H3,(H,20,21,22). The van der Waals surface area contributed by atoms with E-state index in [9.17, 15) is 13.0 Å². The highest BCUT2D eigenvalue weighted by atomic mass is 35.5. The summed E-state index contributed by atoms with van der Waals surface area (Å²) < 4.78 is 37.0. The number of halogens is 2. The van der Waals surface area contributed by atoms with Crippen LogP contribution in [-0.4, -0.2) is 30.0 Å². The van der Waals surface area contributed by atoms with Crippen molar-refractivity contribution in [2.24, 2.45) is 0 Å². The monoisotopic (exact) mass is 384 g/mol. The van der Waals surface area contributed by atoms with E-state index in [4.69, 9.17) is 27.9 Å². The summed E-state index contributed by atoms with van der Waals surface area (Å²) in [6, 6.07) is 7.40. The first kappa shape index (κ1) is 16.9. The number of nitrogens with zero attached hydrogens (tertiary/aromatic N) is 2. The molecular formula is C15H10Cl2N2O4S. The van der Waals surface area contributed by atoms with Gasteiger partial charge in [-0.1, -0.05) is 29.3 Å². The summed E-state index contributed by atoms with van der Waals surface area (Å²) in [5.41, 5.74) is 1.01. The number of rotatable bonds is 3. The fourth-order valence-electron chi connectivity index (χ4n) is 2.31. The summed E-state index contributed by atoms with van der Waals surface area (Å²) in [7, 11) is -2.85. The minimum atomic E-state index is -4.29. The maximum Gasteiger partial charge on any atom is 0.294 e. The summed E-state index contributed by atoms with van der Waals surface area (Å²) in [5.74, 6) is 0.239. The van der Waals surface area contributed by atoms with Gasteiger partial charge in [0.1, 0.15) is 0 Å². The molecule has 0 bridgehead atoms. The molecule has 124 valence electrons. The van der Waals surface area contributed by atoms with Crippen LogP contribution in [0.5, 0.6) is 5.88 Å². The van der Waals surface area contributed by atoms with Crippen molar-refractivity contribution in [3.63, 3.8) is 0 Å². The molecule has 0 aliphatic heterocycles. The molecule has 2 heterocycles. The first-order chi connectivity index (χ1) is 11.3. The van der Waals surface area contributed by atoms with E-state index in [0.717, 1.165) is 0 Å². The quantitative estimate of drug-likeness (QED) is 0.544. The molecule has 0 spiro atoms. The van der Waals surface area contributed by atoms with Crippen LogP contribution in [-0.2, 0) is 10.1 Å². The first-order valence-corrected chi connectivity index (χ1v) is 8.77. The summed E-state index contributed by atoms with van der Waals surface area (Å²) in [6.45, 7) is 0. The fourth-order valence-corrected chi connectivity index (χ4v) is 3.11. The van der Waals surface area contributed by atoms with Crippen LogP contribution in [0.1, 0.15) is 0 Å². The van der Waals surface area contributed by atoms with Crippen LogP contribution in [0.3, 0.4) is 0 Å². The van der Waals surface area contributed by atoms with Crippen molar-refractivity contribution in [3.8, 4) is 17.1 Å². The molecule has 0 radical (unpaired) electrons. The van der Waals surface area contributed by atoms with Gasteiger partial charge in [0.2, 0.25) is 5.88 Å². The Morgan fingerprint density at radius 3 is 2.58 bits per heavy atom. The lowest BCUT2D eigenvalue weighted by Gasteiger charge is -2.11. The maximum atomic E-state index is 11.3. The van der Waals surface area contributed by atoms with Gasteiger partial charge in [0.05, 0.1) is 28.3 Å². The number of hydrogen-bond donors (Lipinski definition) is 1. The molecule has 0 saturated carbocycles. The molecule has 3 rings (SSSR count). The molecule has 0 unspecified atom stereocenters. The lowest BCUT2D eigenvalue weighted by Crippen LogP contribution is -1.99. The Morgan fingerprint density at radius 2 is 1.92 bits per heavy atom. The molecule has 9 heteroatoms. The van der Waals surface area contributed by atoms with Crippen LogP contribution in [0.15, 0.2) is 41.4 Å². The molecule has 0 aliphatic carbocycles. The smallest absolute Gasteiger partial charge is 0.294 e. The second kappa shape index (κ2) is 6.18. The van der Waals surface area contributed by atoms with Gasteiger partial charge in [-0.15, -0.1) is 0 Å². The second-order valence-electron chi connectivity index (χ2n) is 4.84. The molecule has 0 aliphatic rings. The maximum absolute atomic E-state index is 11.3. The molecule has 0 fully saturated rings. The Hall–Kier alpha value is -1.93. The predicted molar refractivity (Wildman–Crippen MR) is 91.4 cm³/mol. The van der Waals surface area contributed by atoms with Gasteiger partial charge >= 0.3 is 0 Å². The van der Waals surface area contributed by atoms with Crippen LogP contribution in [0.2, 0.25) is 10.2 Å². The largest absolute Gasteiger partial charge is 0.480 e. The lowest BCUT2D eigenvalue weighted by molar-refractivity contribution is 0.399. The van der Waals surface area contributed by atoms with Crippen molar-refractivity contribution in [1.29, 1.82) is 0 Å². The van der Waals surface area contributed by atoms with E-state index in [1.807, 2.05) is 0 Å². The molecule has 3 aromatic rings. The van der Waals surface area contributed by atoms with E-state index >= 15 is 0 Å². The number of methoxy groups -OCH3 is 1. The normalized spacial score (nSPS) is 11.7. The van der Waals surface area contributed by atoms with E-state index < -0.39 is 10.1 Å². The van der Waals surface area contributed by atoms with Gasteiger partial charge in [-0.05, 0) is 29.7 Å². The van der Waals surface area contributed by atoms with Crippen molar-refractivity contribution >= 4 is 44.1 Å². The van der Waals surface area contributed by atoms with Crippen molar-refractivity contribution in [2.75, 3.05) is 7.11 Å². The zero-order valence-corrected chi connectivity index (χ0v) is 14.5. The molecule has 6 nitrogen and oxygen atoms in total. The average Bonchev–Trinajstić information content (AvgIpc) is 2.55. The molecular weight excluding hydrogens is 375 g/mol. The zero-order chi connectivity index (χ0) is 17.5. The number of pyridine rings is 2. The third kappa shape index (κ3) is 3.03. The summed E-state index contributed by atoms with van der Waals surface area (Å²) in [4.78, 5) is 8.18. The third-order valence-corrected chi connectivity index (χ3v) is 4.90. The van der Waals surface area contributed by atoms with Gasteiger partial charge < -0.3 is 4.74 Å². The Bertz CT molecular complexity index is 1050. The van der Waals surface area contributed by atoms with E-state index in [-0.39, 0.29) is 21.0 Å². The zero-order valence-electron chi connectivity index (χ0n) is 12.2. The van der Waals surface area contributed by atoms with Crippen molar-refractivity contribution < 1.29 is 17.7 Å². The van der Waals surface area contributed by atoms with Crippen LogP contribution in [0.25, 0.3) is 22.0 Å². The SMILES string of the molecule is COc1nc(Cl)c(Cl)cc1-c1nccc2cc(S(=O)(=O)O)ccc12. The molecule has 1 N–H and O–H groups in total. The molecule has 0 amide bonds. The van der Waals surface area contributed by atoms with Crippen molar-refractivity contribution in [1.82, 2.24) is 9.97 Å². The molecule has 24 heavy (non-hydrogen) atoms. The Kier molecular flexibility index (Phi) is 4.35. The molecule has 1 aromatic carbocycles. The van der Waals surface area contributed by atoms with Crippen LogP contribution in [0, 0.1) is 0 Å². The summed E-state index contributed by atoms with van der Waals surface area (Å²) in [5, 5.41) is 1.55. The van der Waals surface area contributed by atoms with Gasteiger partial charge in [0.15, 0.2) is 5.15 Å². The van der Waals surface area contributed by atoms with E-state index in [1.54, 1.807) is 18.2 Å². The van der Waals surface area contributed by atoms with Crippen LogP contribution < -0.4 is 4.74 Å². The van der Waals surface area contributed by atoms with Crippen LogP contribution in [0.4, 0.5) is 0 Å². The molecule has 0 atom stereocenters. The Labute approximate surface area is 147 Å². The van der Waals surface area contributed by atoms with Gasteiger partial charge in [-0.25, -0.2) is 0 Å². The minimum absolute atomic E-state index is 0.103. The van der Waals surface area contributed by atoms with Gasteiger partial charge in [-0.2, -0.15) is 13.4 Å². The van der Waals surface area contributed by atoms with Crippen molar-refractivity contribution in [2.45, 2.75) is 4.90 Å². The lowest BCUT2D eigenvalue weighted by atomic mass is 10.1. The number of ether oxygens (including phenoxy) is 1. The topological polar surface area (TPSA) is 89.4 Å². The van der Waals surface area contributed by atoms with Crippen LogP contribution >= 0.6 is 23.2 Å². The average molecular weight is 385 g/mol. The Morgan fingerprint density at radius 1 is 1.17 bits per heavy atom. The van der Waals surface area contributed by atoms with Gasteiger partial charge in [0.25, 0.3) is 10.1 Å². The van der Waals surface area contributed by atoms with Gasteiger partial charge in [-0.3, -0.25) is 9.54 Å². The highest BCUT2D eigenvalue weighted by Gasteiger charge is 2.17. The minimum Gasteiger partial charge on any atom is -0.480 e. The first-order valence-electron chi connectivity index (χ1n) is 6.58. The van der Waals surface area contributed by atoms with Gasteiger partial charge in [0, 0.05) is 11.6 Å². The second-order valence-corrected chi connectivity index (χ2v) is 7.02. The fraction of sp³-hybridized carbons (Fsp3) is 0.0667. The number of fused-ring (bicyclic) bond motifs is 1.